The molecule has 0 spiro atoms. The number of rotatable bonds is 5. The maximum atomic E-state index is 11.8. The highest BCUT2D eigenvalue weighted by Crippen LogP contribution is 2.05. The smallest absolute Gasteiger partial charge is 0.304 e. The second-order valence-corrected chi connectivity index (χ2v) is 4.33. The van der Waals surface area contributed by atoms with E-state index in [1.165, 1.54) is 0 Å². The van der Waals surface area contributed by atoms with Gasteiger partial charge in [-0.3, -0.25) is 14.5 Å². The van der Waals surface area contributed by atoms with Crippen LogP contribution in [-0.2, 0) is 9.59 Å². The third kappa shape index (κ3) is 4.32. The Hall–Kier alpha value is -1.14. The summed E-state index contributed by atoms with van der Waals surface area (Å²) in [5, 5.41) is 8.58. The number of carboxylic acid groups (broad SMARTS) is 1. The number of hydrogen-bond donors (Lipinski definition) is 2. The molecule has 3 N–H and O–H groups in total. The molecule has 1 unspecified atom stereocenters. The monoisotopic (exact) mass is 243 g/mol. The molecule has 1 rings (SSSR count). The topological polar surface area (TPSA) is 86.9 Å². The summed E-state index contributed by atoms with van der Waals surface area (Å²) in [7, 11) is 0. The Morgan fingerprint density at radius 2 is 1.88 bits per heavy atom. The number of carbonyl (C=O) groups excluding carboxylic acids is 1. The van der Waals surface area contributed by atoms with Crippen molar-refractivity contribution < 1.29 is 14.7 Å². The van der Waals surface area contributed by atoms with Crippen molar-refractivity contribution in [1.29, 1.82) is 0 Å². The van der Waals surface area contributed by atoms with E-state index in [4.69, 9.17) is 10.8 Å². The van der Waals surface area contributed by atoms with Crippen LogP contribution >= 0.6 is 0 Å². The quantitative estimate of drug-likeness (QED) is 0.669. The Morgan fingerprint density at radius 3 is 2.35 bits per heavy atom. The number of amides is 1. The molecule has 0 aromatic rings. The van der Waals surface area contributed by atoms with Crippen molar-refractivity contribution in [1.82, 2.24) is 9.80 Å². The van der Waals surface area contributed by atoms with Crippen LogP contribution in [0.25, 0.3) is 0 Å². The molecule has 0 radical (unpaired) electrons. The van der Waals surface area contributed by atoms with E-state index in [1.54, 1.807) is 4.90 Å². The van der Waals surface area contributed by atoms with Crippen LogP contribution in [0, 0.1) is 0 Å². The van der Waals surface area contributed by atoms with Gasteiger partial charge in [-0.05, 0) is 6.42 Å². The van der Waals surface area contributed by atoms with Gasteiger partial charge in [-0.25, -0.2) is 0 Å². The summed E-state index contributed by atoms with van der Waals surface area (Å²) in [6, 6.07) is -0.402. The molecule has 0 aliphatic carbocycles. The normalized spacial score (nSPS) is 19.1. The van der Waals surface area contributed by atoms with Crippen LogP contribution in [-0.4, -0.2) is 65.5 Å². The van der Waals surface area contributed by atoms with Gasteiger partial charge >= 0.3 is 5.97 Å². The minimum atomic E-state index is -0.781. The fraction of sp³-hybridized carbons (Fsp3) is 0.818. The number of nitrogens with zero attached hydrogens (tertiary/aromatic N) is 2. The van der Waals surface area contributed by atoms with Crippen LogP contribution in [0.2, 0.25) is 0 Å². The third-order valence-corrected chi connectivity index (χ3v) is 3.08. The van der Waals surface area contributed by atoms with Crippen molar-refractivity contribution in [2.75, 3.05) is 32.7 Å². The average Bonchev–Trinajstić information content (AvgIpc) is 2.35. The molecule has 6 heteroatoms. The number of piperazine rings is 1. The van der Waals surface area contributed by atoms with Crippen molar-refractivity contribution in [2.24, 2.45) is 5.73 Å². The maximum Gasteiger partial charge on any atom is 0.304 e. The third-order valence-electron chi connectivity index (χ3n) is 3.08. The van der Waals surface area contributed by atoms with Gasteiger partial charge in [0.1, 0.15) is 0 Å². The van der Waals surface area contributed by atoms with Gasteiger partial charge in [0.15, 0.2) is 0 Å². The van der Waals surface area contributed by atoms with E-state index < -0.39 is 12.0 Å². The molecule has 0 saturated carbocycles. The minimum Gasteiger partial charge on any atom is -0.481 e. The summed E-state index contributed by atoms with van der Waals surface area (Å²) in [6.07, 6.45) is 0.806. The molecule has 1 heterocycles. The molecule has 6 nitrogen and oxygen atoms in total. The maximum absolute atomic E-state index is 11.8. The molecule has 0 aromatic heterocycles. The van der Waals surface area contributed by atoms with Gasteiger partial charge in [-0.15, -0.1) is 0 Å². The first kappa shape index (κ1) is 13.9. The molecule has 1 aliphatic heterocycles. The summed E-state index contributed by atoms with van der Waals surface area (Å²) >= 11 is 0. The molecule has 1 saturated heterocycles. The van der Waals surface area contributed by atoms with Gasteiger partial charge in [0.05, 0.1) is 12.5 Å². The van der Waals surface area contributed by atoms with E-state index >= 15 is 0 Å². The van der Waals surface area contributed by atoms with Gasteiger partial charge in [0.25, 0.3) is 0 Å². The number of nitrogens with two attached hydrogens (primary N) is 1. The zero-order valence-electron chi connectivity index (χ0n) is 10.3. The zero-order valence-corrected chi connectivity index (χ0v) is 10.3. The van der Waals surface area contributed by atoms with Crippen LogP contribution in [0.3, 0.4) is 0 Å². The summed E-state index contributed by atoms with van der Waals surface area (Å²) < 4.78 is 0. The number of hydrogen-bond acceptors (Lipinski definition) is 4. The SMILES string of the molecule is CCC(N)C(=O)N1CCN(CCC(=O)O)CC1. The Labute approximate surface area is 101 Å². The zero-order chi connectivity index (χ0) is 12.8. The predicted molar refractivity (Wildman–Crippen MR) is 63.5 cm³/mol. The van der Waals surface area contributed by atoms with Crippen molar-refractivity contribution in [3.8, 4) is 0 Å². The van der Waals surface area contributed by atoms with Crippen LogP contribution in [0.15, 0.2) is 0 Å². The molecule has 1 fully saturated rings. The van der Waals surface area contributed by atoms with E-state index in [9.17, 15) is 9.59 Å². The summed E-state index contributed by atoms with van der Waals surface area (Å²) in [4.78, 5) is 26.1. The summed E-state index contributed by atoms with van der Waals surface area (Å²) in [5.74, 6) is -0.776. The second-order valence-electron chi connectivity index (χ2n) is 4.33. The largest absolute Gasteiger partial charge is 0.481 e. The molecule has 1 amide bonds. The van der Waals surface area contributed by atoms with E-state index in [1.807, 2.05) is 6.92 Å². The molecule has 0 bridgehead atoms. The van der Waals surface area contributed by atoms with Crippen LogP contribution in [0.5, 0.6) is 0 Å². The van der Waals surface area contributed by atoms with Crippen molar-refractivity contribution in [2.45, 2.75) is 25.8 Å². The van der Waals surface area contributed by atoms with Crippen LogP contribution in [0.1, 0.15) is 19.8 Å². The Bertz CT molecular complexity index is 275. The minimum absolute atomic E-state index is 0.00499. The number of carbonyl (C=O) groups is 2. The lowest BCUT2D eigenvalue weighted by Gasteiger charge is -2.35. The van der Waals surface area contributed by atoms with E-state index in [0.29, 0.717) is 26.1 Å². The molecule has 98 valence electrons. The first-order valence-electron chi connectivity index (χ1n) is 6.03. The van der Waals surface area contributed by atoms with Crippen molar-refractivity contribution in [3.05, 3.63) is 0 Å². The first-order chi connectivity index (χ1) is 8.04. The first-order valence-corrected chi connectivity index (χ1v) is 6.03. The molecule has 0 aromatic carbocycles. The molecular formula is C11H21N3O3. The second kappa shape index (κ2) is 6.56. The highest BCUT2D eigenvalue weighted by Gasteiger charge is 2.24. The van der Waals surface area contributed by atoms with Crippen molar-refractivity contribution >= 4 is 11.9 Å². The number of carboxylic acids is 1. The summed E-state index contributed by atoms with van der Waals surface area (Å²) in [6.45, 7) is 5.20. The molecule has 1 aliphatic rings. The van der Waals surface area contributed by atoms with Crippen LogP contribution < -0.4 is 5.73 Å². The Balaban J connectivity index is 2.30. The lowest BCUT2D eigenvalue weighted by Crippen LogP contribution is -2.53. The van der Waals surface area contributed by atoms with Gasteiger partial charge in [-0.2, -0.15) is 0 Å². The highest BCUT2D eigenvalue weighted by molar-refractivity contribution is 5.81. The Kier molecular flexibility index (Phi) is 5.37. The van der Waals surface area contributed by atoms with Crippen molar-refractivity contribution in [3.63, 3.8) is 0 Å². The fourth-order valence-electron chi connectivity index (χ4n) is 1.85. The molecule has 17 heavy (non-hydrogen) atoms. The van der Waals surface area contributed by atoms with Gasteiger partial charge in [0, 0.05) is 32.7 Å². The van der Waals surface area contributed by atoms with Gasteiger partial charge in [0.2, 0.25) is 5.91 Å². The van der Waals surface area contributed by atoms with E-state index in [-0.39, 0.29) is 12.3 Å². The highest BCUT2D eigenvalue weighted by atomic mass is 16.4. The standard InChI is InChI=1S/C11H21N3O3/c1-2-9(12)11(17)14-7-5-13(6-8-14)4-3-10(15)16/h9H,2-8,12H2,1H3,(H,15,16). The van der Waals surface area contributed by atoms with Crippen LogP contribution in [0.4, 0.5) is 0 Å². The van der Waals surface area contributed by atoms with E-state index in [2.05, 4.69) is 4.90 Å². The van der Waals surface area contributed by atoms with Gasteiger partial charge in [-0.1, -0.05) is 6.92 Å². The predicted octanol–water partition coefficient (Wildman–Crippen LogP) is -0.657. The Morgan fingerprint density at radius 1 is 1.29 bits per heavy atom. The molecule has 1 atom stereocenters. The fourth-order valence-corrected chi connectivity index (χ4v) is 1.85. The summed E-state index contributed by atoms with van der Waals surface area (Å²) in [5.41, 5.74) is 5.70. The van der Waals surface area contributed by atoms with Gasteiger partial charge < -0.3 is 15.7 Å². The number of aliphatic carboxylic acids is 1. The van der Waals surface area contributed by atoms with E-state index in [0.717, 1.165) is 13.1 Å². The lowest BCUT2D eigenvalue weighted by molar-refractivity contribution is -0.138. The molecular weight excluding hydrogens is 222 g/mol. The average molecular weight is 243 g/mol. The lowest BCUT2D eigenvalue weighted by atomic mass is 10.2.